The Labute approximate surface area is 192 Å². The minimum atomic E-state index is -0.384. The van der Waals surface area contributed by atoms with E-state index in [1.54, 1.807) is 18.2 Å². The van der Waals surface area contributed by atoms with E-state index in [9.17, 15) is 9.18 Å². The zero-order valence-electron chi connectivity index (χ0n) is 18.6. The third-order valence-electron chi connectivity index (χ3n) is 7.53. The van der Waals surface area contributed by atoms with Gasteiger partial charge in [0.15, 0.2) is 22.5 Å². The third-order valence-corrected chi connectivity index (χ3v) is 8.46. The molecule has 8 heteroatoms. The van der Waals surface area contributed by atoms with Crippen molar-refractivity contribution in [2.75, 3.05) is 18.8 Å². The van der Waals surface area contributed by atoms with E-state index in [0.717, 1.165) is 42.9 Å². The Kier molecular flexibility index (Phi) is 6.40. The molecule has 2 aromatic rings. The third kappa shape index (κ3) is 4.38. The van der Waals surface area contributed by atoms with Gasteiger partial charge >= 0.3 is 0 Å². The number of fused-ring (bicyclic) bond motifs is 2. The number of amides is 1. The predicted octanol–water partition coefficient (Wildman–Crippen LogP) is 4.71. The van der Waals surface area contributed by atoms with E-state index in [0.29, 0.717) is 17.5 Å². The highest BCUT2D eigenvalue weighted by molar-refractivity contribution is 7.99. The maximum atomic E-state index is 14.0. The number of hydrogen-bond acceptors (Lipinski definition) is 5. The molecule has 4 unspecified atom stereocenters. The summed E-state index contributed by atoms with van der Waals surface area (Å²) in [5, 5.41) is 9.61. The van der Waals surface area contributed by atoms with Crippen molar-refractivity contribution in [3.05, 3.63) is 35.9 Å². The van der Waals surface area contributed by atoms with Crippen LogP contribution in [-0.4, -0.2) is 44.4 Å². The first kappa shape index (κ1) is 21.7. The van der Waals surface area contributed by atoms with E-state index in [1.165, 1.54) is 43.5 Å². The van der Waals surface area contributed by atoms with E-state index in [2.05, 4.69) is 21.7 Å². The van der Waals surface area contributed by atoms with Gasteiger partial charge in [0, 0.05) is 19.1 Å². The van der Waals surface area contributed by atoms with Crippen LogP contribution < -0.4 is 4.74 Å². The van der Waals surface area contributed by atoms with Crippen molar-refractivity contribution in [3.8, 4) is 5.75 Å². The Morgan fingerprint density at radius 2 is 2.03 bits per heavy atom. The Morgan fingerprint density at radius 1 is 1.22 bits per heavy atom. The summed E-state index contributed by atoms with van der Waals surface area (Å²) >= 11 is 1.46. The van der Waals surface area contributed by atoms with Crippen molar-refractivity contribution >= 4 is 17.7 Å². The molecule has 5 rings (SSSR count). The SMILES string of the molecule is CC(C1CC2CCC1C2)n1c(COc2ccccc2F)nnc1SCC(=O)N1CCCC1. The molecule has 6 nitrogen and oxygen atoms in total. The molecular formula is C24H31FN4O2S. The quantitative estimate of drug-likeness (QED) is 0.536. The minimum Gasteiger partial charge on any atom is -0.483 e. The first-order valence-electron chi connectivity index (χ1n) is 11.8. The highest BCUT2D eigenvalue weighted by Crippen LogP contribution is 2.52. The van der Waals surface area contributed by atoms with Gasteiger partial charge < -0.3 is 9.64 Å². The van der Waals surface area contributed by atoms with Gasteiger partial charge in [-0.25, -0.2) is 4.39 Å². The molecule has 2 bridgehead atoms. The van der Waals surface area contributed by atoms with Crippen LogP contribution in [0.3, 0.4) is 0 Å². The second-order valence-electron chi connectivity index (χ2n) is 9.44. The van der Waals surface area contributed by atoms with E-state index in [1.807, 2.05) is 4.90 Å². The van der Waals surface area contributed by atoms with Crippen molar-refractivity contribution in [3.63, 3.8) is 0 Å². The second-order valence-corrected chi connectivity index (χ2v) is 10.4. The fourth-order valence-corrected chi connectivity index (χ4v) is 6.82. The molecule has 2 saturated carbocycles. The molecule has 1 aromatic heterocycles. The first-order chi connectivity index (χ1) is 15.6. The summed E-state index contributed by atoms with van der Waals surface area (Å²) in [7, 11) is 0. The molecule has 1 amide bonds. The molecular weight excluding hydrogens is 427 g/mol. The Hall–Kier alpha value is -2.09. The molecule has 1 saturated heterocycles. The molecule has 1 aliphatic heterocycles. The number of rotatable bonds is 8. The number of likely N-dealkylation sites (tertiary alicyclic amines) is 1. The maximum absolute atomic E-state index is 14.0. The monoisotopic (exact) mass is 458 g/mol. The van der Waals surface area contributed by atoms with Gasteiger partial charge in [-0.3, -0.25) is 9.36 Å². The van der Waals surface area contributed by atoms with Crippen molar-refractivity contribution in [1.29, 1.82) is 0 Å². The molecule has 3 fully saturated rings. The number of benzene rings is 1. The van der Waals surface area contributed by atoms with E-state index < -0.39 is 0 Å². The van der Waals surface area contributed by atoms with Gasteiger partial charge in [0.2, 0.25) is 5.91 Å². The number of ether oxygens (including phenoxy) is 1. The summed E-state index contributed by atoms with van der Waals surface area (Å²) in [5.74, 6) is 3.25. The number of halogens is 1. The Bertz CT molecular complexity index is 961. The summed E-state index contributed by atoms with van der Waals surface area (Å²) in [6, 6.07) is 6.65. The normalized spacial score (nSPS) is 25.4. The molecule has 4 atom stereocenters. The van der Waals surface area contributed by atoms with E-state index in [-0.39, 0.29) is 30.1 Å². The van der Waals surface area contributed by atoms with Crippen LogP contribution in [0.2, 0.25) is 0 Å². The summed E-state index contributed by atoms with van der Waals surface area (Å²) in [5.41, 5.74) is 0. The molecule has 172 valence electrons. The van der Waals surface area contributed by atoms with Crippen LogP contribution in [-0.2, 0) is 11.4 Å². The van der Waals surface area contributed by atoms with Crippen LogP contribution in [0, 0.1) is 23.6 Å². The van der Waals surface area contributed by atoms with Crippen LogP contribution in [0.1, 0.15) is 57.3 Å². The van der Waals surface area contributed by atoms with Crippen LogP contribution in [0.4, 0.5) is 4.39 Å². The summed E-state index contributed by atoms with van der Waals surface area (Å²) < 4.78 is 22.0. The number of hydrogen-bond donors (Lipinski definition) is 0. The fraction of sp³-hybridized carbons (Fsp3) is 0.625. The van der Waals surface area contributed by atoms with Crippen molar-refractivity contribution < 1.29 is 13.9 Å². The van der Waals surface area contributed by atoms with Gasteiger partial charge in [-0.15, -0.1) is 10.2 Å². The molecule has 2 heterocycles. The van der Waals surface area contributed by atoms with Gasteiger partial charge in [0.05, 0.1) is 5.75 Å². The number of carbonyl (C=O) groups excluding carboxylic acids is 1. The van der Waals surface area contributed by atoms with Gasteiger partial charge in [0.25, 0.3) is 0 Å². The number of nitrogens with zero attached hydrogens (tertiary/aromatic N) is 4. The average Bonchev–Trinajstić information content (AvgIpc) is 3.60. The zero-order chi connectivity index (χ0) is 22.1. The Balaban J connectivity index is 1.34. The molecule has 32 heavy (non-hydrogen) atoms. The minimum absolute atomic E-state index is 0.153. The highest BCUT2D eigenvalue weighted by Gasteiger charge is 2.43. The van der Waals surface area contributed by atoms with E-state index in [4.69, 9.17) is 4.74 Å². The smallest absolute Gasteiger partial charge is 0.233 e. The van der Waals surface area contributed by atoms with Crippen LogP contribution >= 0.6 is 11.8 Å². The molecule has 0 N–H and O–H groups in total. The predicted molar refractivity (Wildman–Crippen MR) is 121 cm³/mol. The lowest BCUT2D eigenvalue weighted by Gasteiger charge is -2.30. The number of para-hydroxylation sites is 1. The van der Waals surface area contributed by atoms with Gasteiger partial charge in [-0.05, 0) is 68.9 Å². The lowest BCUT2D eigenvalue weighted by Crippen LogP contribution is -2.29. The molecule has 3 aliphatic rings. The lowest BCUT2D eigenvalue weighted by atomic mass is 9.84. The Morgan fingerprint density at radius 3 is 2.75 bits per heavy atom. The van der Waals surface area contributed by atoms with Crippen molar-refractivity contribution in [1.82, 2.24) is 19.7 Å². The van der Waals surface area contributed by atoms with Gasteiger partial charge in [0.1, 0.15) is 6.61 Å². The molecule has 0 radical (unpaired) electrons. The largest absolute Gasteiger partial charge is 0.483 e. The summed E-state index contributed by atoms with van der Waals surface area (Å²) in [6.45, 7) is 4.11. The molecule has 2 aliphatic carbocycles. The lowest BCUT2D eigenvalue weighted by molar-refractivity contribution is -0.127. The van der Waals surface area contributed by atoms with Crippen LogP contribution in [0.25, 0.3) is 0 Å². The average molecular weight is 459 g/mol. The topological polar surface area (TPSA) is 60.2 Å². The van der Waals surface area contributed by atoms with Crippen LogP contribution in [0.15, 0.2) is 29.4 Å². The van der Waals surface area contributed by atoms with Crippen molar-refractivity contribution in [2.24, 2.45) is 17.8 Å². The summed E-state index contributed by atoms with van der Waals surface area (Å²) in [4.78, 5) is 14.5. The molecule has 1 aromatic carbocycles. The second kappa shape index (κ2) is 9.41. The highest BCUT2D eigenvalue weighted by atomic mass is 32.2. The van der Waals surface area contributed by atoms with Crippen LogP contribution in [0.5, 0.6) is 5.75 Å². The fourth-order valence-electron chi connectivity index (χ4n) is 5.88. The number of aromatic nitrogens is 3. The zero-order valence-corrected chi connectivity index (χ0v) is 19.4. The number of carbonyl (C=O) groups is 1. The first-order valence-corrected chi connectivity index (χ1v) is 12.8. The van der Waals surface area contributed by atoms with Gasteiger partial charge in [-0.2, -0.15) is 0 Å². The van der Waals surface area contributed by atoms with E-state index >= 15 is 0 Å². The molecule has 0 spiro atoms. The van der Waals surface area contributed by atoms with Gasteiger partial charge in [-0.1, -0.05) is 30.3 Å². The van der Waals surface area contributed by atoms with Crippen molar-refractivity contribution in [2.45, 2.75) is 63.3 Å². The standard InChI is InChI=1S/C24H31FN4O2S/c1-16(19-13-17-8-9-18(19)12-17)29-22(14-31-21-7-3-2-6-20(21)25)26-27-24(29)32-15-23(30)28-10-4-5-11-28/h2-3,6-7,16-19H,4-5,8-15H2,1H3. The maximum Gasteiger partial charge on any atom is 0.233 e. The number of thioether (sulfide) groups is 1. The summed E-state index contributed by atoms with van der Waals surface area (Å²) in [6.07, 6.45) is 7.41.